The highest BCUT2D eigenvalue weighted by Crippen LogP contribution is 2.18. The standard InChI is InChI=1S/C16H18N2O2/c17-16(19)12-20-18-15(14-9-5-2-6-10-14)11-13-7-3-1-4-8-13/h1-10,15,18H,11-12H2,(H2,17,19). The molecule has 4 heteroatoms. The Bertz CT molecular complexity index is 529. The van der Waals surface area contributed by atoms with E-state index in [1.54, 1.807) is 0 Å². The van der Waals surface area contributed by atoms with E-state index >= 15 is 0 Å². The van der Waals surface area contributed by atoms with E-state index in [0.29, 0.717) is 0 Å². The van der Waals surface area contributed by atoms with Crippen LogP contribution in [0.5, 0.6) is 0 Å². The van der Waals surface area contributed by atoms with Crippen molar-refractivity contribution in [2.24, 2.45) is 5.73 Å². The molecular weight excluding hydrogens is 252 g/mol. The van der Waals surface area contributed by atoms with Crippen LogP contribution in [0.25, 0.3) is 0 Å². The summed E-state index contributed by atoms with van der Waals surface area (Å²) in [6, 6.07) is 20.0. The van der Waals surface area contributed by atoms with Crippen molar-refractivity contribution in [1.29, 1.82) is 0 Å². The van der Waals surface area contributed by atoms with Gasteiger partial charge in [0.1, 0.15) is 6.61 Å². The van der Waals surface area contributed by atoms with Crippen LogP contribution < -0.4 is 11.2 Å². The van der Waals surface area contributed by atoms with Crippen molar-refractivity contribution in [2.45, 2.75) is 12.5 Å². The third-order valence-corrected chi connectivity index (χ3v) is 2.92. The molecule has 0 spiro atoms. The molecule has 0 aliphatic carbocycles. The van der Waals surface area contributed by atoms with Crippen LogP contribution in [0, 0.1) is 0 Å². The summed E-state index contributed by atoms with van der Waals surface area (Å²) in [6.45, 7) is -0.141. The lowest BCUT2D eigenvalue weighted by Gasteiger charge is -2.18. The summed E-state index contributed by atoms with van der Waals surface area (Å²) >= 11 is 0. The number of hydrogen-bond donors (Lipinski definition) is 2. The molecule has 20 heavy (non-hydrogen) atoms. The minimum atomic E-state index is -0.496. The van der Waals surface area contributed by atoms with Gasteiger partial charge >= 0.3 is 0 Å². The Morgan fingerprint density at radius 2 is 1.65 bits per heavy atom. The van der Waals surface area contributed by atoms with Crippen LogP contribution in [0.1, 0.15) is 17.2 Å². The second-order valence-corrected chi connectivity index (χ2v) is 4.53. The van der Waals surface area contributed by atoms with E-state index < -0.39 is 5.91 Å². The van der Waals surface area contributed by atoms with Gasteiger partial charge < -0.3 is 5.73 Å². The van der Waals surface area contributed by atoms with Gasteiger partial charge in [-0.15, -0.1) is 0 Å². The number of carbonyl (C=O) groups excluding carboxylic acids is 1. The maximum atomic E-state index is 10.7. The second kappa shape index (κ2) is 7.43. The molecule has 0 radical (unpaired) electrons. The molecule has 0 aromatic heterocycles. The first-order chi connectivity index (χ1) is 9.75. The first-order valence-electron chi connectivity index (χ1n) is 6.50. The molecule has 3 N–H and O–H groups in total. The average Bonchev–Trinajstić information content (AvgIpc) is 2.48. The number of rotatable bonds is 7. The minimum absolute atomic E-state index is 0.0297. The molecule has 2 aromatic carbocycles. The fraction of sp³-hybridized carbons (Fsp3) is 0.188. The predicted molar refractivity (Wildman–Crippen MR) is 77.6 cm³/mol. The summed E-state index contributed by atoms with van der Waals surface area (Å²) < 4.78 is 0. The van der Waals surface area contributed by atoms with E-state index in [9.17, 15) is 4.79 Å². The Hall–Kier alpha value is -2.17. The summed E-state index contributed by atoms with van der Waals surface area (Å²) in [6.07, 6.45) is 0.767. The molecule has 0 saturated heterocycles. The van der Waals surface area contributed by atoms with Gasteiger partial charge in [-0.2, -0.15) is 5.48 Å². The largest absolute Gasteiger partial charge is 0.368 e. The van der Waals surface area contributed by atoms with Crippen LogP contribution in [-0.2, 0) is 16.1 Å². The van der Waals surface area contributed by atoms with Gasteiger partial charge in [0.2, 0.25) is 5.91 Å². The Morgan fingerprint density at radius 3 is 2.25 bits per heavy atom. The molecule has 104 valence electrons. The second-order valence-electron chi connectivity index (χ2n) is 4.53. The number of benzene rings is 2. The molecule has 2 aromatic rings. The highest BCUT2D eigenvalue weighted by Gasteiger charge is 2.12. The molecule has 0 bridgehead atoms. The Balaban J connectivity index is 2.06. The molecule has 0 saturated carbocycles. The van der Waals surface area contributed by atoms with E-state index in [2.05, 4.69) is 17.6 Å². The van der Waals surface area contributed by atoms with E-state index in [1.807, 2.05) is 48.5 Å². The summed E-state index contributed by atoms with van der Waals surface area (Å²) in [4.78, 5) is 15.9. The molecule has 1 atom stereocenters. The highest BCUT2D eigenvalue weighted by molar-refractivity contribution is 5.74. The van der Waals surface area contributed by atoms with Gasteiger partial charge in [-0.3, -0.25) is 9.63 Å². The summed E-state index contributed by atoms with van der Waals surface area (Å²) in [5.74, 6) is -0.496. The lowest BCUT2D eigenvalue weighted by molar-refractivity contribution is -0.126. The van der Waals surface area contributed by atoms with Crippen molar-refractivity contribution >= 4 is 5.91 Å². The molecule has 4 nitrogen and oxygen atoms in total. The van der Waals surface area contributed by atoms with Gasteiger partial charge in [-0.05, 0) is 17.5 Å². The fourth-order valence-corrected chi connectivity index (χ4v) is 1.98. The van der Waals surface area contributed by atoms with Crippen LogP contribution in [0.4, 0.5) is 0 Å². The van der Waals surface area contributed by atoms with Crippen molar-refractivity contribution in [3.05, 3.63) is 71.8 Å². The normalized spacial score (nSPS) is 12.0. The van der Waals surface area contributed by atoms with E-state index in [1.165, 1.54) is 5.56 Å². The predicted octanol–water partition coefficient (Wildman–Crippen LogP) is 1.98. The van der Waals surface area contributed by atoms with E-state index in [-0.39, 0.29) is 12.6 Å². The van der Waals surface area contributed by atoms with Crippen molar-refractivity contribution in [1.82, 2.24) is 5.48 Å². The maximum absolute atomic E-state index is 10.7. The van der Waals surface area contributed by atoms with Crippen LogP contribution in [0.15, 0.2) is 60.7 Å². The van der Waals surface area contributed by atoms with Gasteiger partial charge in [-0.1, -0.05) is 60.7 Å². The Labute approximate surface area is 118 Å². The Morgan fingerprint density at radius 1 is 1.05 bits per heavy atom. The zero-order valence-corrected chi connectivity index (χ0v) is 11.2. The number of hydroxylamine groups is 1. The lowest BCUT2D eigenvalue weighted by atomic mass is 10.00. The third kappa shape index (κ3) is 4.50. The maximum Gasteiger partial charge on any atom is 0.245 e. The number of nitrogens with one attached hydrogen (secondary N) is 1. The first kappa shape index (κ1) is 14.2. The smallest absolute Gasteiger partial charge is 0.245 e. The quantitative estimate of drug-likeness (QED) is 0.756. The van der Waals surface area contributed by atoms with Gasteiger partial charge in [0.15, 0.2) is 0 Å². The van der Waals surface area contributed by atoms with Crippen molar-refractivity contribution in [2.75, 3.05) is 6.61 Å². The van der Waals surface area contributed by atoms with Gasteiger partial charge in [-0.25, -0.2) is 0 Å². The number of hydrogen-bond acceptors (Lipinski definition) is 3. The summed E-state index contributed by atoms with van der Waals surface area (Å²) in [7, 11) is 0. The van der Waals surface area contributed by atoms with Gasteiger partial charge in [0.25, 0.3) is 0 Å². The SMILES string of the molecule is NC(=O)CONC(Cc1ccccc1)c1ccccc1. The van der Waals surface area contributed by atoms with Gasteiger partial charge in [0.05, 0.1) is 6.04 Å². The molecule has 1 amide bonds. The lowest BCUT2D eigenvalue weighted by Crippen LogP contribution is -2.29. The highest BCUT2D eigenvalue weighted by atomic mass is 16.6. The number of carbonyl (C=O) groups is 1. The summed E-state index contributed by atoms with van der Waals surface area (Å²) in [5.41, 5.74) is 10.3. The molecular formula is C16H18N2O2. The summed E-state index contributed by atoms with van der Waals surface area (Å²) in [5, 5.41) is 0. The zero-order valence-electron chi connectivity index (χ0n) is 11.2. The van der Waals surface area contributed by atoms with Crippen LogP contribution >= 0.6 is 0 Å². The van der Waals surface area contributed by atoms with Gasteiger partial charge in [0, 0.05) is 0 Å². The van der Waals surface area contributed by atoms with Crippen molar-refractivity contribution in [3.63, 3.8) is 0 Å². The average molecular weight is 270 g/mol. The van der Waals surface area contributed by atoms with Crippen LogP contribution in [0.2, 0.25) is 0 Å². The molecule has 0 aliphatic heterocycles. The zero-order chi connectivity index (χ0) is 14.2. The van der Waals surface area contributed by atoms with E-state index in [0.717, 1.165) is 12.0 Å². The third-order valence-electron chi connectivity index (χ3n) is 2.92. The molecule has 0 heterocycles. The van der Waals surface area contributed by atoms with Crippen LogP contribution in [-0.4, -0.2) is 12.5 Å². The topological polar surface area (TPSA) is 64.4 Å². The number of primary amides is 1. The monoisotopic (exact) mass is 270 g/mol. The number of amides is 1. The molecule has 1 unspecified atom stereocenters. The van der Waals surface area contributed by atoms with Crippen molar-refractivity contribution in [3.8, 4) is 0 Å². The van der Waals surface area contributed by atoms with Crippen molar-refractivity contribution < 1.29 is 9.63 Å². The molecule has 2 rings (SSSR count). The first-order valence-corrected chi connectivity index (χ1v) is 6.50. The van der Waals surface area contributed by atoms with Crippen LogP contribution in [0.3, 0.4) is 0 Å². The molecule has 0 fully saturated rings. The number of nitrogens with two attached hydrogens (primary N) is 1. The minimum Gasteiger partial charge on any atom is -0.368 e. The van der Waals surface area contributed by atoms with E-state index in [4.69, 9.17) is 10.6 Å². The molecule has 0 aliphatic rings. The Kier molecular flexibility index (Phi) is 5.29. The fourth-order valence-electron chi connectivity index (χ4n) is 1.98.